The van der Waals surface area contributed by atoms with Crippen LogP contribution in [0.5, 0.6) is 11.5 Å². The number of nitrogens with one attached hydrogen (secondary N) is 2. The van der Waals surface area contributed by atoms with E-state index in [0.717, 1.165) is 6.54 Å². The van der Waals surface area contributed by atoms with Crippen molar-refractivity contribution in [2.75, 3.05) is 38.7 Å². The van der Waals surface area contributed by atoms with Crippen molar-refractivity contribution >= 4 is 11.6 Å². The summed E-state index contributed by atoms with van der Waals surface area (Å²) in [5, 5.41) is 15.0. The number of amides is 1. The van der Waals surface area contributed by atoms with Gasteiger partial charge in [-0.2, -0.15) is 0 Å². The van der Waals surface area contributed by atoms with Crippen LogP contribution in [0.1, 0.15) is 6.92 Å². The lowest BCUT2D eigenvalue weighted by Gasteiger charge is -2.16. The molecule has 1 saturated heterocycles. The summed E-state index contributed by atoms with van der Waals surface area (Å²) in [6.07, 6.45) is 0. The third kappa shape index (κ3) is 3.86. The van der Waals surface area contributed by atoms with Crippen molar-refractivity contribution in [3.8, 4) is 11.5 Å². The summed E-state index contributed by atoms with van der Waals surface area (Å²) in [7, 11) is 1.55. The van der Waals surface area contributed by atoms with Gasteiger partial charge in [0.2, 0.25) is 5.91 Å². The van der Waals surface area contributed by atoms with Crippen LogP contribution in [0.15, 0.2) is 18.2 Å². The van der Waals surface area contributed by atoms with E-state index in [1.54, 1.807) is 25.3 Å². The maximum Gasteiger partial charge on any atom is 0.229 e. The van der Waals surface area contributed by atoms with Crippen molar-refractivity contribution in [2.45, 2.75) is 6.92 Å². The van der Waals surface area contributed by atoms with E-state index in [1.807, 2.05) is 0 Å². The Labute approximate surface area is 124 Å². The number of benzene rings is 1. The summed E-state index contributed by atoms with van der Waals surface area (Å²) in [6.45, 7) is 3.74. The molecule has 0 saturated carbocycles. The van der Waals surface area contributed by atoms with Gasteiger partial charge in [0.25, 0.3) is 0 Å². The van der Waals surface area contributed by atoms with Gasteiger partial charge in [0.15, 0.2) is 11.5 Å². The van der Waals surface area contributed by atoms with Gasteiger partial charge in [-0.15, -0.1) is 0 Å². The van der Waals surface area contributed by atoms with Gasteiger partial charge in [-0.3, -0.25) is 4.79 Å². The fourth-order valence-electron chi connectivity index (χ4n) is 2.42. The van der Waals surface area contributed by atoms with Crippen molar-refractivity contribution in [2.24, 2.45) is 11.8 Å². The van der Waals surface area contributed by atoms with E-state index in [9.17, 15) is 4.79 Å². The summed E-state index contributed by atoms with van der Waals surface area (Å²) in [6, 6.07) is 5.22. The monoisotopic (exact) mass is 294 g/mol. The van der Waals surface area contributed by atoms with Gasteiger partial charge in [-0.25, -0.2) is 0 Å². The molecule has 0 spiro atoms. The highest BCUT2D eigenvalue weighted by Gasteiger charge is 2.29. The molecule has 2 unspecified atom stereocenters. The molecule has 0 aliphatic carbocycles. The van der Waals surface area contributed by atoms with Gasteiger partial charge >= 0.3 is 0 Å². The van der Waals surface area contributed by atoms with Crippen molar-refractivity contribution in [1.29, 1.82) is 0 Å². The fourth-order valence-corrected chi connectivity index (χ4v) is 2.42. The predicted molar refractivity (Wildman–Crippen MR) is 79.7 cm³/mol. The molecule has 6 nitrogen and oxygen atoms in total. The number of methoxy groups -OCH3 is 1. The Balaban J connectivity index is 2.07. The predicted octanol–water partition coefficient (Wildman–Crippen LogP) is 0.860. The van der Waals surface area contributed by atoms with Crippen LogP contribution in [-0.2, 0) is 4.79 Å². The van der Waals surface area contributed by atoms with Gasteiger partial charge < -0.3 is 25.2 Å². The molecule has 2 rings (SSSR count). The highest BCUT2D eigenvalue weighted by Crippen LogP contribution is 2.30. The van der Waals surface area contributed by atoms with E-state index in [2.05, 4.69) is 17.6 Å². The second-order valence-electron chi connectivity index (χ2n) is 5.17. The maximum absolute atomic E-state index is 12.2. The largest absolute Gasteiger partial charge is 0.493 e. The lowest BCUT2D eigenvalue weighted by molar-refractivity contribution is -0.120. The van der Waals surface area contributed by atoms with Crippen molar-refractivity contribution in [1.82, 2.24) is 5.32 Å². The third-order valence-electron chi connectivity index (χ3n) is 3.63. The Hall–Kier alpha value is -1.79. The molecule has 3 N–H and O–H groups in total. The van der Waals surface area contributed by atoms with Crippen LogP contribution in [0, 0.1) is 11.8 Å². The number of anilines is 1. The van der Waals surface area contributed by atoms with E-state index in [1.165, 1.54) is 0 Å². The SMILES string of the molecule is COc1ccc(NC(=O)C2CNCC2C)cc1OCCO. The lowest BCUT2D eigenvalue weighted by atomic mass is 9.97. The average Bonchev–Trinajstić information content (AvgIpc) is 2.91. The van der Waals surface area contributed by atoms with Crippen LogP contribution in [-0.4, -0.2) is 44.4 Å². The second-order valence-corrected chi connectivity index (χ2v) is 5.17. The molecule has 0 bridgehead atoms. The zero-order valence-electron chi connectivity index (χ0n) is 12.4. The molecular formula is C15H22N2O4. The standard InChI is InChI=1S/C15H22N2O4/c1-10-8-16-9-12(10)15(19)17-11-3-4-13(20-2)14(7-11)21-6-5-18/h3-4,7,10,12,16,18H,5-6,8-9H2,1-2H3,(H,17,19). The number of hydrogen-bond acceptors (Lipinski definition) is 5. The van der Waals surface area contributed by atoms with Crippen LogP contribution in [0.3, 0.4) is 0 Å². The summed E-state index contributed by atoms with van der Waals surface area (Å²) >= 11 is 0. The zero-order chi connectivity index (χ0) is 15.2. The molecule has 1 amide bonds. The number of rotatable bonds is 6. The topological polar surface area (TPSA) is 79.8 Å². The molecule has 0 radical (unpaired) electrons. The van der Waals surface area contributed by atoms with Crippen molar-refractivity contribution < 1.29 is 19.4 Å². The first-order valence-corrected chi connectivity index (χ1v) is 7.09. The van der Waals surface area contributed by atoms with Gasteiger partial charge in [0, 0.05) is 18.3 Å². The summed E-state index contributed by atoms with van der Waals surface area (Å²) < 4.78 is 10.6. The molecule has 1 aromatic carbocycles. The number of carbonyl (C=O) groups is 1. The first-order chi connectivity index (χ1) is 10.2. The van der Waals surface area contributed by atoms with Crippen LogP contribution < -0.4 is 20.1 Å². The first-order valence-electron chi connectivity index (χ1n) is 7.09. The van der Waals surface area contributed by atoms with Crippen LogP contribution in [0.4, 0.5) is 5.69 Å². The van der Waals surface area contributed by atoms with Crippen molar-refractivity contribution in [3.05, 3.63) is 18.2 Å². The quantitative estimate of drug-likeness (QED) is 0.725. The first kappa shape index (κ1) is 15.6. The molecule has 1 aliphatic rings. The number of aliphatic hydroxyl groups excluding tert-OH is 1. The van der Waals surface area contributed by atoms with E-state index < -0.39 is 0 Å². The van der Waals surface area contributed by atoms with Gasteiger partial charge in [-0.1, -0.05) is 6.92 Å². The molecule has 0 aromatic heterocycles. The van der Waals surface area contributed by atoms with Crippen molar-refractivity contribution in [3.63, 3.8) is 0 Å². The van der Waals surface area contributed by atoms with E-state index in [0.29, 0.717) is 29.6 Å². The van der Waals surface area contributed by atoms with Crippen LogP contribution >= 0.6 is 0 Å². The zero-order valence-corrected chi connectivity index (χ0v) is 12.4. The van der Waals surface area contributed by atoms with Crippen LogP contribution in [0.2, 0.25) is 0 Å². The van der Waals surface area contributed by atoms with Crippen LogP contribution in [0.25, 0.3) is 0 Å². The van der Waals surface area contributed by atoms with E-state index >= 15 is 0 Å². The Morgan fingerprint density at radius 1 is 1.43 bits per heavy atom. The molecular weight excluding hydrogens is 272 g/mol. The minimum absolute atomic E-state index is 0.00535. The summed E-state index contributed by atoms with van der Waals surface area (Å²) in [5.41, 5.74) is 0.660. The minimum atomic E-state index is -0.0784. The lowest BCUT2D eigenvalue weighted by Crippen LogP contribution is -2.27. The number of carbonyl (C=O) groups excluding carboxylic acids is 1. The minimum Gasteiger partial charge on any atom is -0.493 e. The smallest absolute Gasteiger partial charge is 0.229 e. The third-order valence-corrected chi connectivity index (χ3v) is 3.63. The molecule has 21 heavy (non-hydrogen) atoms. The van der Waals surface area contributed by atoms with E-state index in [4.69, 9.17) is 14.6 Å². The Morgan fingerprint density at radius 3 is 2.86 bits per heavy atom. The highest BCUT2D eigenvalue weighted by molar-refractivity contribution is 5.93. The number of hydrogen-bond donors (Lipinski definition) is 3. The average molecular weight is 294 g/mol. The molecule has 116 valence electrons. The summed E-state index contributed by atoms with van der Waals surface area (Å²) in [5.74, 6) is 1.38. The molecule has 1 fully saturated rings. The normalized spacial score (nSPS) is 21.1. The molecule has 1 aliphatic heterocycles. The van der Waals surface area contributed by atoms with Gasteiger partial charge in [0.1, 0.15) is 6.61 Å². The Morgan fingerprint density at radius 2 is 2.24 bits per heavy atom. The molecule has 2 atom stereocenters. The van der Waals surface area contributed by atoms with Gasteiger partial charge in [-0.05, 0) is 24.6 Å². The highest BCUT2D eigenvalue weighted by atomic mass is 16.5. The van der Waals surface area contributed by atoms with E-state index in [-0.39, 0.29) is 25.0 Å². The number of ether oxygens (including phenoxy) is 2. The molecule has 1 heterocycles. The molecule has 1 aromatic rings. The summed E-state index contributed by atoms with van der Waals surface area (Å²) in [4.78, 5) is 12.2. The Bertz CT molecular complexity index is 493. The second kappa shape index (κ2) is 7.28. The van der Waals surface area contributed by atoms with Gasteiger partial charge in [0.05, 0.1) is 19.6 Å². The Kier molecular flexibility index (Phi) is 5.41. The maximum atomic E-state index is 12.2. The fraction of sp³-hybridized carbons (Fsp3) is 0.533. The molecule has 6 heteroatoms. The number of aliphatic hydroxyl groups is 1.